The molecular weight excluding hydrogens is 702 g/mol. The molecule has 4 heteroatoms. The summed E-state index contributed by atoms with van der Waals surface area (Å²) in [5.74, 6) is 0. The van der Waals surface area contributed by atoms with Crippen LogP contribution in [0.3, 0.4) is 0 Å². The second kappa shape index (κ2) is 19.9. The molecule has 0 spiro atoms. The van der Waals surface area contributed by atoms with Gasteiger partial charge in [0.1, 0.15) is 0 Å². The van der Waals surface area contributed by atoms with Crippen LogP contribution in [0.4, 0.5) is 0 Å². The van der Waals surface area contributed by atoms with Gasteiger partial charge in [0, 0.05) is 0 Å². The Labute approximate surface area is 309 Å². The molecule has 0 aromatic heterocycles. The summed E-state index contributed by atoms with van der Waals surface area (Å²) in [5.41, 5.74) is 2.71. The number of hydrogen-bond donors (Lipinski definition) is 0. The molecule has 0 amide bonds. The summed E-state index contributed by atoms with van der Waals surface area (Å²) in [4.78, 5) is 0. The Hall–Kier alpha value is -3.82. The van der Waals surface area contributed by atoms with Gasteiger partial charge in [-0.15, -0.1) is 0 Å². The zero-order valence-electron chi connectivity index (χ0n) is 26.4. The van der Waals surface area contributed by atoms with Crippen molar-refractivity contribution in [1.82, 2.24) is 0 Å². The van der Waals surface area contributed by atoms with E-state index >= 15 is 0 Å². The van der Waals surface area contributed by atoms with Crippen LogP contribution in [-0.2, 0) is 34.1 Å². The average Bonchev–Trinajstić information content (AvgIpc) is 3.97. The molecule has 8 aromatic carbocycles. The van der Waals surface area contributed by atoms with E-state index in [2.05, 4.69) is 158 Å². The molecule has 0 N–H and O–H groups in total. The molecule has 0 radical (unpaired) electrons. The van der Waals surface area contributed by atoms with Crippen LogP contribution >= 0.6 is 15.8 Å². The predicted molar refractivity (Wildman–Crippen MR) is 205 cm³/mol. The Balaban J connectivity index is 0.000000372. The summed E-state index contributed by atoms with van der Waals surface area (Å²) < 4.78 is 0. The quantitative estimate of drug-likeness (QED) is 0.0870. The van der Waals surface area contributed by atoms with Crippen molar-refractivity contribution in [2.75, 3.05) is 0 Å². The van der Waals surface area contributed by atoms with E-state index in [-0.39, 0.29) is 34.1 Å². The van der Waals surface area contributed by atoms with Crippen molar-refractivity contribution in [3.63, 3.8) is 0 Å². The van der Waals surface area contributed by atoms with Gasteiger partial charge in [0.15, 0.2) is 0 Å². The molecule has 0 bridgehead atoms. The Morgan fingerprint density at radius 3 is 0.792 bits per heavy atom. The average molecular weight is 738 g/mol. The second-order valence-corrected chi connectivity index (χ2v) is 15.0. The van der Waals surface area contributed by atoms with Gasteiger partial charge in [-0.3, -0.25) is 0 Å². The molecular formula is C44H36Fe2P2. The minimum atomic E-state index is -0.667. The summed E-state index contributed by atoms with van der Waals surface area (Å²) >= 11 is 0. The Kier molecular flexibility index (Phi) is 15.3. The number of hydrogen-bond acceptors (Lipinski definition) is 0. The molecule has 238 valence electrons. The normalized spacial score (nSPS) is 10.1. The Morgan fingerprint density at radius 1 is 0.292 bits per heavy atom. The third-order valence-electron chi connectivity index (χ3n) is 7.53. The van der Waals surface area contributed by atoms with Crippen LogP contribution in [-0.4, -0.2) is 0 Å². The summed E-state index contributed by atoms with van der Waals surface area (Å²) in [6.45, 7) is 0. The minimum Gasteiger partial charge on any atom is -0.224 e. The Morgan fingerprint density at radius 2 is 0.562 bits per heavy atom. The first-order valence-corrected chi connectivity index (χ1v) is 18.2. The minimum absolute atomic E-state index is 0. The summed E-state index contributed by atoms with van der Waals surface area (Å²) in [5, 5.41) is 8.37. The van der Waals surface area contributed by atoms with Crippen LogP contribution < -0.4 is 31.8 Å². The molecule has 0 aliphatic rings. The van der Waals surface area contributed by atoms with Crippen LogP contribution in [0.1, 0.15) is 0 Å². The SMILES string of the molecule is [Fe+2].[Fe+2].c1cc[cH-]c1.c1cc[cH-]c1.c1ccc(P(c2ccccc2)c2cc[cH-]c2-c2[cH-]ccc2P(c2ccccc2)c2ccccc2)cc1. The van der Waals surface area contributed by atoms with Crippen LogP contribution in [0, 0.1) is 0 Å². The zero-order valence-corrected chi connectivity index (χ0v) is 30.4. The van der Waals surface area contributed by atoms with E-state index in [4.69, 9.17) is 0 Å². The van der Waals surface area contributed by atoms with Gasteiger partial charge >= 0.3 is 34.1 Å². The van der Waals surface area contributed by atoms with Crippen molar-refractivity contribution < 1.29 is 34.1 Å². The Bertz CT molecular complexity index is 1670. The van der Waals surface area contributed by atoms with E-state index in [1.54, 1.807) is 0 Å². The third-order valence-corrected chi connectivity index (χ3v) is 12.5. The van der Waals surface area contributed by atoms with E-state index in [1.165, 1.54) is 43.0 Å². The largest absolute Gasteiger partial charge is 2.00 e. The molecule has 0 nitrogen and oxygen atoms in total. The van der Waals surface area contributed by atoms with Crippen molar-refractivity contribution in [3.8, 4) is 11.1 Å². The van der Waals surface area contributed by atoms with Gasteiger partial charge in [-0.25, -0.2) is 35.4 Å². The monoisotopic (exact) mass is 738 g/mol. The van der Waals surface area contributed by atoms with E-state index in [0.29, 0.717) is 0 Å². The van der Waals surface area contributed by atoms with Crippen molar-refractivity contribution in [3.05, 3.63) is 218 Å². The molecule has 0 saturated carbocycles. The van der Waals surface area contributed by atoms with Gasteiger partial charge in [0.25, 0.3) is 0 Å². The summed E-state index contributed by atoms with van der Waals surface area (Å²) in [6, 6.07) is 77.7. The molecule has 8 rings (SSSR count). The van der Waals surface area contributed by atoms with Gasteiger partial charge in [0.05, 0.1) is 0 Å². The van der Waals surface area contributed by atoms with Crippen LogP contribution in [0.2, 0.25) is 0 Å². The van der Waals surface area contributed by atoms with Crippen LogP contribution in [0.25, 0.3) is 11.1 Å². The van der Waals surface area contributed by atoms with Gasteiger partial charge < -0.3 is 0 Å². The topological polar surface area (TPSA) is 0 Å². The summed E-state index contributed by atoms with van der Waals surface area (Å²) in [6.07, 6.45) is 0. The van der Waals surface area contributed by atoms with E-state index in [1.807, 2.05) is 60.7 Å². The maximum atomic E-state index is 2.34. The third kappa shape index (κ3) is 9.63. The molecule has 0 aliphatic heterocycles. The van der Waals surface area contributed by atoms with E-state index in [0.717, 1.165) is 0 Å². The van der Waals surface area contributed by atoms with Crippen molar-refractivity contribution in [1.29, 1.82) is 0 Å². The predicted octanol–water partition coefficient (Wildman–Crippen LogP) is 9.11. The van der Waals surface area contributed by atoms with Crippen molar-refractivity contribution in [2.45, 2.75) is 0 Å². The molecule has 8 aromatic rings. The molecule has 0 atom stereocenters. The van der Waals surface area contributed by atoms with E-state index < -0.39 is 15.8 Å². The molecule has 0 heterocycles. The molecule has 0 fully saturated rings. The number of benzene rings is 4. The van der Waals surface area contributed by atoms with Gasteiger partial charge in [-0.1, -0.05) is 137 Å². The fraction of sp³-hybridized carbons (Fsp3) is 0. The van der Waals surface area contributed by atoms with Crippen LogP contribution in [0.15, 0.2) is 218 Å². The van der Waals surface area contributed by atoms with E-state index in [9.17, 15) is 0 Å². The van der Waals surface area contributed by atoms with Crippen molar-refractivity contribution >= 4 is 47.7 Å². The zero-order chi connectivity index (χ0) is 31.2. The van der Waals surface area contributed by atoms with Crippen molar-refractivity contribution in [2.24, 2.45) is 0 Å². The molecule has 0 aliphatic carbocycles. The first-order chi connectivity index (χ1) is 22.9. The first-order valence-electron chi connectivity index (χ1n) is 15.6. The van der Waals surface area contributed by atoms with Crippen LogP contribution in [0.5, 0.6) is 0 Å². The second-order valence-electron chi connectivity index (χ2n) is 10.6. The fourth-order valence-corrected chi connectivity index (χ4v) is 10.4. The fourth-order valence-electron chi connectivity index (χ4n) is 5.47. The molecule has 48 heavy (non-hydrogen) atoms. The summed E-state index contributed by atoms with van der Waals surface area (Å²) in [7, 11) is -1.33. The molecule has 0 saturated heterocycles. The van der Waals surface area contributed by atoms with Gasteiger partial charge in [-0.05, 0) is 21.2 Å². The number of rotatable bonds is 7. The molecule has 0 unspecified atom stereocenters. The first kappa shape index (κ1) is 37.0. The maximum Gasteiger partial charge on any atom is 2.00 e. The van der Waals surface area contributed by atoms with Gasteiger partial charge in [0.2, 0.25) is 0 Å². The smallest absolute Gasteiger partial charge is 0.224 e. The maximum absolute atomic E-state index is 2.34. The standard InChI is InChI=1S/C34H26P2.2C5H5.2Fe/c1-5-15-27(16-6-1)35(28-17-7-2-8-18-28)33-25-13-23-31(33)32-24-14-26-34(32)36(29-19-9-3-10-20-29)30-21-11-4-12-22-30;2*1-2-4-5-3-1;;/h1-26H;2*1-5H;;/q-2;2*-1;2*+2. The van der Waals surface area contributed by atoms with Gasteiger partial charge in [-0.2, -0.15) is 83.4 Å².